The van der Waals surface area contributed by atoms with Gasteiger partial charge in [-0.25, -0.2) is 0 Å². The van der Waals surface area contributed by atoms with E-state index in [2.05, 4.69) is 58.6 Å². The Balaban J connectivity index is 1.50. The number of piperazine rings is 1. The molecule has 0 aliphatic carbocycles. The molecule has 1 N–H and O–H groups in total. The van der Waals surface area contributed by atoms with Crippen molar-refractivity contribution >= 4 is 17.3 Å². The topological polar surface area (TPSA) is 44.8 Å². The first-order chi connectivity index (χ1) is 15.6. The largest absolute Gasteiger partial charge is 0.493 e. The Morgan fingerprint density at radius 2 is 1.72 bits per heavy atom. The number of fused-ring (bicyclic) bond motifs is 1. The molecule has 5 heteroatoms. The van der Waals surface area contributed by atoms with E-state index < -0.39 is 0 Å². The van der Waals surface area contributed by atoms with Crippen molar-refractivity contribution in [2.45, 2.75) is 13.3 Å². The second-order valence-electron chi connectivity index (χ2n) is 8.77. The molecule has 3 aromatic carbocycles. The van der Waals surface area contributed by atoms with E-state index in [1.807, 2.05) is 31.2 Å². The third-order valence-corrected chi connectivity index (χ3v) is 6.39. The molecule has 1 saturated heterocycles. The average molecular weight is 428 g/mol. The highest BCUT2D eigenvalue weighted by atomic mass is 16.5. The number of nitrogens with zero attached hydrogens (tertiary/aromatic N) is 2. The fourth-order valence-corrected chi connectivity index (χ4v) is 4.49. The summed E-state index contributed by atoms with van der Waals surface area (Å²) in [6, 6.07) is 20.5. The zero-order chi connectivity index (χ0) is 22.1. The zero-order valence-corrected chi connectivity index (χ0v) is 18.7. The molecule has 32 heavy (non-hydrogen) atoms. The molecule has 0 bridgehead atoms. The van der Waals surface area contributed by atoms with E-state index in [1.54, 1.807) is 0 Å². The molecule has 5 nitrogen and oxygen atoms in total. The van der Waals surface area contributed by atoms with E-state index in [0.717, 1.165) is 73.0 Å². The van der Waals surface area contributed by atoms with Gasteiger partial charge in [-0.1, -0.05) is 29.8 Å². The molecule has 2 heterocycles. The van der Waals surface area contributed by atoms with Crippen molar-refractivity contribution in [1.29, 1.82) is 0 Å². The number of anilines is 2. The van der Waals surface area contributed by atoms with Crippen molar-refractivity contribution in [3.63, 3.8) is 0 Å². The quantitative estimate of drug-likeness (QED) is 0.661. The molecule has 5 rings (SSSR count). The van der Waals surface area contributed by atoms with E-state index in [1.165, 1.54) is 5.56 Å². The molecular weight excluding hydrogens is 398 g/mol. The van der Waals surface area contributed by atoms with Crippen LogP contribution in [0.3, 0.4) is 0 Å². The predicted molar refractivity (Wildman–Crippen MR) is 130 cm³/mol. The van der Waals surface area contributed by atoms with Crippen molar-refractivity contribution in [1.82, 2.24) is 4.90 Å². The molecule has 1 fully saturated rings. The minimum absolute atomic E-state index is 0.0800. The van der Waals surface area contributed by atoms with Crippen molar-refractivity contribution < 1.29 is 9.53 Å². The summed E-state index contributed by atoms with van der Waals surface area (Å²) in [5.41, 5.74) is 7.17. The number of carbonyl (C=O) groups is 1. The monoisotopic (exact) mass is 427 g/mol. The summed E-state index contributed by atoms with van der Waals surface area (Å²) in [7, 11) is 2.15. The first-order valence-corrected chi connectivity index (χ1v) is 11.3. The fourth-order valence-electron chi connectivity index (χ4n) is 4.49. The van der Waals surface area contributed by atoms with Crippen LogP contribution in [0, 0.1) is 6.92 Å². The van der Waals surface area contributed by atoms with E-state index in [-0.39, 0.29) is 5.91 Å². The summed E-state index contributed by atoms with van der Waals surface area (Å²) in [6.45, 7) is 6.66. The lowest BCUT2D eigenvalue weighted by atomic mass is 10.00. The van der Waals surface area contributed by atoms with Gasteiger partial charge in [0.25, 0.3) is 5.91 Å². The molecule has 0 saturated carbocycles. The molecular formula is C27H29N3O2. The number of aryl methyl sites for hydroxylation is 1. The Morgan fingerprint density at radius 3 is 2.53 bits per heavy atom. The lowest BCUT2D eigenvalue weighted by Gasteiger charge is -2.35. The summed E-state index contributed by atoms with van der Waals surface area (Å²) >= 11 is 0. The maximum absolute atomic E-state index is 13.1. The molecule has 0 aromatic heterocycles. The van der Waals surface area contributed by atoms with Crippen molar-refractivity contribution in [2.24, 2.45) is 0 Å². The van der Waals surface area contributed by atoms with Gasteiger partial charge in [0, 0.05) is 38.2 Å². The summed E-state index contributed by atoms with van der Waals surface area (Å²) in [4.78, 5) is 17.8. The van der Waals surface area contributed by atoms with Gasteiger partial charge in [0.15, 0.2) is 0 Å². The third kappa shape index (κ3) is 4.21. The first kappa shape index (κ1) is 20.6. The Morgan fingerprint density at radius 1 is 0.938 bits per heavy atom. The maximum Gasteiger partial charge on any atom is 0.255 e. The van der Waals surface area contributed by atoms with Crippen LogP contribution >= 0.6 is 0 Å². The highest BCUT2D eigenvalue weighted by Crippen LogP contribution is 2.35. The van der Waals surface area contributed by atoms with Gasteiger partial charge < -0.3 is 19.9 Å². The zero-order valence-electron chi connectivity index (χ0n) is 18.7. The average Bonchev–Trinajstić information content (AvgIpc) is 3.28. The van der Waals surface area contributed by atoms with Gasteiger partial charge in [-0.05, 0) is 67.1 Å². The molecule has 0 atom stereocenters. The molecule has 1 amide bonds. The van der Waals surface area contributed by atoms with Crippen LogP contribution in [0.2, 0.25) is 0 Å². The van der Waals surface area contributed by atoms with Crippen molar-refractivity contribution in [3.05, 3.63) is 77.4 Å². The number of nitrogens with one attached hydrogen (secondary N) is 1. The van der Waals surface area contributed by atoms with Gasteiger partial charge in [0.1, 0.15) is 5.75 Å². The van der Waals surface area contributed by atoms with Gasteiger partial charge >= 0.3 is 0 Å². The molecule has 0 radical (unpaired) electrons. The highest BCUT2D eigenvalue weighted by Gasteiger charge is 2.20. The number of carbonyl (C=O) groups excluding carboxylic acids is 1. The minimum atomic E-state index is -0.0800. The van der Waals surface area contributed by atoms with E-state index in [4.69, 9.17) is 4.74 Å². The van der Waals surface area contributed by atoms with E-state index >= 15 is 0 Å². The van der Waals surface area contributed by atoms with Crippen LogP contribution in [-0.4, -0.2) is 50.6 Å². The highest BCUT2D eigenvalue weighted by molar-refractivity contribution is 6.06. The van der Waals surface area contributed by atoms with Gasteiger partial charge in [-0.15, -0.1) is 0 Å². The minimum Gasteiger partial charge on any atom is -0.493 e. The number of hydrogen-bond donors (Lipinski definition) is 1. The van der Waals surface area contributed by atoms with Crippen molar-refractivity contribution in [3.8, 4) is 16.9 Å². The van der Waals surface area contributed by atoms with Gasteiger partial charge in [0.2, 0.25) is 0 Å². The van der Waals surface area contributed by atoms with Gasteiger partial charge in [-0.2, -0.15) is 0 Å². The maximum atomic E-state index is 13.1. The molecule has 0 spiro atoms. The van der Waals surface area contributed by atoms with Crippen LogP contribution in [0.15, 0.2) is 60.7 Å². The number of likely N-dealkylation sites (N-methyl/N-ethyl adjacent to an activating group) is 1. The summed E-state index contributed by atoms with van der Waals surface area (Å²) in [5, 5.41) is 3.21. The lowest BCUT2D eigenvalue weighted by Crippen LogP contribution is -2.44. The third-order valence-electron chi connectivity index (χ3n) is 6.39. The summed E-state index contributed by atoms with van der Waals surface area (Å²) in [5.74, 6) is 0.902. The number of ether oxygens (including phenoxy) is 1. The van der Waals surface area contributed by atoms with Crippen molar-refractivity contribution in [2.75, 3.05) is 50.1 Å². The van der Waals surface area contributed by atoms with Gasteiger partial charge in [-0.3, -0.25) is 4.79 Å². The van der Waals surface area contributed by atoms with E-state index in [9.17, 15) is 4.79 Å². The normalized spacial score (nSPS) is 15.9. The second-order valence-corrected chi connectivity index (χ2v) is 8.77. The molecule has 0 unspecified atom stereocenters. The van der Waals surface area contributed by atoms with Crippen LogP contribution in [0.4, 0.5) is 11.4 Å². The van der Waals surface area contributed by atoms with Gasteiger partial charge in [0.05, 0.1) is 18.0 Å². The van der Waals surface area contributed by atoms with Crippen LogP contribution < -0.4 is 15.0 Å². The number of amides is 1. The fraction of sp³-hybridized carbons (Fsp3) is 0.296. The Kier molecular flexibility index (Phi) is 5.58. The number of rotatable bonds is 4. The summed E-state index contributed by atoms with van der Waals surface area (Å²) in [6.07, 6.45) is 0.944. The molecule has 164 valence electrons. The Bertz CT molecular complexity index is 1150. The van der Waals surface area contributed by atoms with Crippen LogP contribution in [0.5, 0.6) is 5.75 Å². The smallest absolute Gasteiger partial charge is 0.255 e. The first-order valence-electron chi connectivity index (χ1n) is 11.3. The summed E-state index contributed by atoms with van der Waals surface area (Å²) < 4.78 is 5.66. The number of benzene rings is 3. The van der Waals surface area contributed by atoms with Crippen LogP contribution in [-0.2, 0) is 6.42 Å². The second kappa shape index (κ2) is 8.67. The lowest BCUT2D eigenvalue weighted by molar-refractivity contribution is 0.102. The Hall–Kier alpha value is -3.31. The molecule has 3 aromatic rings. The standard InChI is InChI=1S/C27H29N3O2/c1-19-4-3-5-23(16-19)27(31)28-24-18-21(20-7-9-26-22(17-20)10-15-32-26)6-8-25(24)30-13-11-29(2)12-14-30/h3-9,16-18H,10-15H2,1-2H3,(H,28,31). The van der Waals surface area contributed by atoms with E-state index in [0.29, 0.717) is 5.56 Å². The SMILES string of the molecule is Cc1cccc(C(=O)Nc2cc(-c3ccc4c(c3)CCO4)ccc2N2CCN(C)CC2)c1. The molecule has 2 aliphatic rings. The predicted octanol–water partition coefficient (Wildman–Crippen LogP) is 4.60. The van der Waals surface area contributed by atoms with Crippen LogP contribution in [0.25, 0.3) is 11.1 Å². The van der Waals surface area contributed by atoms with Crippen LogP contribution in [0.1, 0.15) is 21.5 Å². The Labute approximate surface area is 189 Å². The molecule has 2 aliphatic heterocycles. The number of hydrogen-bond acceptors (Lipinski definition) is 4.